The summed E-state index contributed by atoms with van der Waals surface area (Å²) in [5, 5.41) is 0.769. The van der Waals surface area contributed by atoms with Crippen LogP contribution >= 0.6 is 11.8 Å². The van der Waals surface area contributed by atoms with Gasteiger partial charge in [-0.25, -0.2) is 9.78 Å². The first-order chi connectivity index (χ1) is 8.71. The van der Waals surface area contributed by atoms with Crippen molar-refractivity contribution >= 4 is 17.7 Å². The van der Waals surface area contributed by atoms with E-state index in [2.05, 4.69) is 28.7 Å². The number of nitrogens with zero attached hydrogens (tertiary/aromatic N) is 2. The van der Waals surface area contributed by atoms with Gasteiger partial charge in [-0.3, -0.25) is 0 Å². The fourth-order valence-corrected chi connectivity index (χ4v) is 2.35. The van der Waals surface area contributed by atoms with Gasteiger partial charge in [0, 0.05) is 12.3 Å². The summed E-state index contributed by atoms with van der Waals surface area (Å²) in [6, 6.07) is 0. The molecule has 1 aromatic rings. The molecule has 102 valence electrons. The fourth-order valence-electron chi connectivity index (χ4n) is 1.50. The Balaban J connectivity index is 2.37. The van der Waals surface area contributed by atoms with E-state index in [1.807, 2.05) is 0 Å². The average molecular weight is 271 g/mol. The van der Waals surface area contributed by atoms with Gasteiger partial charge in [0.2, 0.25) is 0 Å². The van der Waals surface area contributed by atoms with E-state index in [1.165, 1.54) is 6.20 Å². The molecular weight excluding hydrogens is 250 g/mol. The van der Waals surface area contributed by atoms with E-state index in [0.29, 0.717) is 12.3 Å². The monoisotopic (exact) mass is 271 g/mol. The number of rotatable bonds is 8. The van der Waals surface area contributed by atoms with Crippen LogP contribution in [0.5, 0.6) is 0 Å². The van der Waals surface area contributed by atoms with Crippen molar-refractivity contribution in [2.45, 2.75) is 25.9 Å². The van der Waals surface area contributed by atoms with Gasteiger partial charge in [0.25, 0.3) is 0 Å². The SMILES string of the molecule is CCOC(=O)c1cnc(SCCN(CC)CC)[nH]1. The zero-order valence-corrected chi connectivity index (χ0v) is 12.0. The minimum absolute atomic E-state index is 0.347. The maximum atomic E-state index is 11.4. The van der Waals surface area contributed by atoms with Crippen LogP contribution in [0.1, 0.15) is 31.3 Å². The van der Waals surface area contributed by atoms with E-state index in [4.69, 9.17) is 4.74 Å². The zero-order chi connectivity index (χ0) is 13.4. The van der Waals surface area contributed by atoms with Gasteiger partial charge in [-0.15, -0.1) is 0 Å². The molecule has 0 saturated carbocycles. The third-order valence-corrected chi connectivity index (χ3v) is 3.46. The zero-order valence-electron chi connectivity index (χ0n) is 11.2. The van der Waals surface area contributed by atoms with Crippen LogP contribution in [0.3, 0.4) is 0 Å². The highest BCUT2D eigenvalue weighted by atomic mass is 32.2. The van der Waals surface area contributed by atoms with E-state index < -0.39 is 0 Å². The normalized spacial score (nSPS) is 10.9. The van der Waals surface area contributed by atoms with Gasteiger partial charge in [0.15, 0.2) is 5.16 Å². The third kappa shape index (κ3) is 4.70. The van der Waals surface area contributed by atoms with Crippen LogP contribution in [0.4, 0.5) is 0 Å². The Morgan fingerprint density at radius 2 is 2.17 bits per heavy atom. The van der Waals surface area contributed by atoms with Crippen LogP contribution < -0.4 is 0 Å². The summed E-state index contributed by atoms with van der Waals surface area (Å²) in [5.74, 6) is 0.609. The standard InChI is InChI=1S/C12H21N3O2S/c1-4-15(5-2)7-8-18-12-13-9-10(14-12)11(16)17-6-3/h9H,4-8H2,1-3H3,(H,13,14). The van der Waals surface area contributed by atoms with Crippen molar-refractivity contribution in [2.24, 2.45) is 0 Å². The van der Waals surface area contributed by atoms with Crippen LogP contribution in [-0.2, 0) is 4.74 Å². The molecule has 0 amide bonds. The number of thioether (sulfide) groups is 1. The van der Waals surface area contributed by atoms with E-state index in [1.54, 1.807) is 18.7 Å². The summed E-state index contributed by atoms with van der Waals surface area (Å²) in [6.45, 7) is 9.61. The summed E-state index contributed by atoms with van der Waals surface area (Å²) in [7, 11) is 0. The Labute approximate surface area is 112 Å². The lowest BCUT2D eigenvalue weighted by Crippen LogP contribution is -2.25. The van der Waals surface area contributed by atoms with Crippen LogP contribution in [0.25, 0.3) is 0 Å². The van der Waals surface area contributed by atoms with Gasteiger partial charge < -0.3 is 14.6 Å². The molecule has 5 nitrogen and oxygen atoms in total. The summed E-state index contributed by atoms with van der Waals surface area (Å²) >= 11 is 1.62. The molecule has 0 unspecified atom stereocenters. The number of H-pyrrole nitrogens is 1. The first kappa shape index (κ1) is 15.0. The number of hydrogen-bond donors (Lipinski definition) is 1. The second-order valence-electron chi connectivity index (χ2n) is 3.70. The van der Waals surface area contributed by atoms with Crippen LogP contribution in [0.15, 0.2) is 11.4 Å². The number of esters is 1. The molecule has 0 aliphatic carbocycles. The minimum Gasteiger partial charge on any atom is -0.461 e. The van der Waals surface area contributed by atoms with Gasteiger partial charge in [0.1, 0.15) is 5.69 Å². The molecule has 0 radical (unpaired) electrons. The molecule has 0 spiro atoms. The average Bonchev–Trinajstić information content (AvgIpc) is 2.84. The Morgan fingerprint density at radius 1 is 1.44 bits per heavy atom. The second kappa shape index (κ2) is 8.16. The van der Waals surface area contributed by atoms with Crippen molar-refractivity contribution in [1.29, 1.82) is 0 Å². The van der Waals surface area contributed by atoms with Crippen molar-refractivity contribution < 1.29 is 9.53 Å². The van der Waals surface area contributed by atoms with E-state index >= 15 is 0 Å². The first-order valence-corrected chi connectivity index (χ1v) is 7.27. The smallest absolute Gasteiger partial charge is 0.356 e. The third-order valence-electron chi connectivity index (χ3n) is 2.59. The van der Waals surface area contributed by atoms with Crippen molar-refractivity contribution in [2.75, 3.05) is 32.0 Å². The molecule has 1 rings (SSSR count). The minimum atomic E-state index is -0.347. The molecule has 0 bridgehead atoms. The van der Waals surface area contributed by atoms with Crippen molar-refractivity contribution in [3.8, 4) is 0 Å². The predicted molar refractivity (Wildman–Crippen MR) is 73.1 cm³/mol. The summed E-state index contributed by atoms with van der Waals surface area (Å²) in [4.78, 5) is 20.9. The van der Waals surface area contributed by atoms with Gasteiger partial charge in [-0.05, 0) is 20.0 Å². The topological polar surface area (TPSA) is 58.2 Å². The quantitative estimate of drug-likeness (QED) is 0.579. The number of nitrogens with one attached hydrogen (secondary N) is 1. The summed E-state index contributed by atoms with van der Waals surface area (Å²) < 4.78 is 4.89. The Morgan fingerprint density at radius 3 is 2.78 bits per heavy atom. The number of carbonyl (C=O) groups is 1. The number of ether oxygens (including phenoxy) is 1. The fraction of sp³-hybridized carbons (Fsp3) is 0.667. The second-order valence-corrected chi connectivity index (χ2v) is 4.78. The molecular formula is C12H21N3O2S. The lowest BCUT2D eigenvalue weighted by atomic mass is 10.5. The molecule has 1 N–H and O–H groups in total. The van der Waals surface area contributed by atoms with Crippen LogP contribution in [0, 0.1) is 0 Å². The number of aromatic amines is 1. The summed E-state index contributed by atoms with van der Waals surface area (Å²) in [6.07, 6.45) is 1.53. The maximum absolute atomic E-state index is 11.4. The van der Waals surface area contributed by atoms with Gasteiger partial charge in [-0.1, -0.05) is 25.6 Å². The molecule has 0 aliphatic rings. The first-order valence-electron chi connectivity index (χ1n) is 6.28. The number of aromatic nitrogens is 2. The molecule has 1 aromatic heterocycles. The summed E-state index contributed by atoms with van der Waals surface area (Å²) in [5.41, 5.74) is 0.419. The number of hydrogen-bond acceptors (Lipinski definition) is 5. The molecule has 0 fully saturated rings. The molecule has 0 saturated heterocycles. The molecule has 1 heterocycles. The van der Waals surface area contributed by atoms with Gasteiger partial charge >= 0.3 is 5.97 Å². The highest BCUT2D eigenvalue weighted by Gasteiger charge is 2.10. The van der Waals surface area contributed by atoms with E-state index in [9.17, 15) is 4.79 Å². The van der Waals surface area contributed by atoms with Crippen molar-refractivity contribution in [1.82, 2.24) is 14.9 Å². The largest absolute Gasteiger partial charge is 0.461 e. The maximum Gasteiger partial charge on any atom is 0.356 e. The van der Waals surface area contributed by atoms with Crippen LogP contribution in [-0.4, -0.2) is 52.8 Å². The molecule has 6 heteroatoms. The lowest BCUT2D eigenvalue weighted by molar-refractivity contribution is 0.0519. The van der Waals surface area contributed by atoms with Crippen molar-refractivity contribution in [3.63, 3.8) is 0 Å². The Bertz CT molecular complexity index is 364. The van der Waals surface area contributed by atoms with Gasteiger partial charge in [-0.2, -0.15) is 0 Å². The number of carbonyl (C=O) groups excluding carboxylic acids is 1. The Kier molecular flexibility index (Phi) is 6.82. The van der Waals surface area contributed by atoms with Crippen molar-refractivity contribution in [3.05, 3.63) is 11.9 Å². The van der Waals surface area contributed by atoms with Gasteiger partial charge in [0.05, 0.1) is 12.8 Å². The Hall–Kier alpha value is -1.01. The van der Waals surface area contributed by atoms with Crippen LogP contribution in [0.2, 0.25) is 0 Å². The van der Waals surface area contributed by atoms with E-state index in [0.717, 1.165) is 30.5 Å². The lowest BCUT2D eigenvalue weighted by Gasteiger charge is -2.16. The van der Waals surface area contributed by atoms with E-state index in [-0.39, 0.29) is 5.97 Å². The number of imidazole rings is 1. The molecule has 0 aliphatic heterocycles. The molecule has 0 atom stereocenters. The molecule has 0 aromatic carbocycles. The highest BCUT2D eigenvalue weighted by Crippen LogP contribution is 2.14. The highest BCUT2D eigenvalue weighted by molar-refractivity contribution is 7.99. The predicted octanol–water partition coefficient (Wildman–Crippen LogP) is 2.02. The molecule has 18 heavy (non-hydrogen) atoms.